The normalized spacial score (nSPS) is 11.3. The number of benzene rings is 1. The topological polar surface area (TPSA) is 80.6 Å². The second-order valence-corrected chi connectivity index (χ2v) is 5.24. The number of guanidine groups is 1. The molecule has 0 unspecified atom stereocenters. The summed E-state index contributed by atoms with van der Waals surface area (Å²) in [5, 5.41) is 11.4. The number of aromatic nitrogens is 3. The summed E-state index contributed by atoms with van der Waals surface area (Å²) in [6.07, 6.45) is 3.66. The van der Waals surface area contributed by atoms with Gasteiger partial charge >= 0.3 is 0 Å². The molecule has 2 heterocycles. The molecule has 6 nitrogen and oxygen atoms in total. The highest BCUT2D eigenvalue weighted by atomic mass is 127. The first-order valence-corrected chi connectivity index (χ1v) is 7.71. The second kappa shape index (κ2) is 8.62. The molecule has 126 valence electrons. The monoisotopic (exact) mass is 436 g/mol. The van der Waals surface area contributed by atoms with Crippen molar-refractivity contribution in [3.8, 4) is 0 Å². The Kier molecular flexibility index (Phi) is 6.53. The van der Waals surface area contributed by atoms with E-state index in [-0.39, 0.29) is 24.0 Å². The lowest BCUT2D eigenvalue weighted by molar-refractivity contribution is 0.847. The largest absolute Gasteiger partial charge is 0.370 e. The Morgan fingerprint density at radius 3 is 2.71 bits per heavy atom. The Morgan fingerprint density at radius 1 is 1.17 bits per heavy atom. The Balaban J connectivity index is 0.00000208. The van der Waals surface area contributed by atoms with Gasteiger partial charge in [0, 0.05) is 24.8 Å². The van der Waals surface area contributed by atoms with Crippen LogP contribution in [0.25, 0.3) is 5.65 Å². The summed E-state index contributed by atoms with van der Waals surface area (Å²) in [5.74, 6) is 1.28. The third-order valence-corrected chi connectivity index (χ3v) is 3.64. The smallest absolute Gasteiger partial charge is 0.193 e. The Labute approximate surface area is 158 Å². The molecule has 7 heteroatoms. The van der Waals surface area contributed by atoms with E-state index in [4.69, 9.17) is 5.73 Å². The molecular formula is C17H21IN6. The SMILES string of the molecule is CCc1ccc(NC(N)=NCCc2nnc3ccccn23)cc1.I. The third-order valence-electron chi connectivity index (χ3n) is 3.64. The van der Waals surface area contributed by atoms with E-state index in [9.17, 15) is 0 Å². The maximum Gasteiger partial charge on any atom is 0.193 e. The fraction of sp³-hybridized carbons (Fsp3) is 0.235. The zero-order valence-electron chi connectivity index (χ0n) is 13.5. The van der Waals surface area contributed by atoms with Gasteiger partial charge < -0.3 is 11.1 Å². The molecule has 2 aromatic heterocycles. The lowest BCUT2D eigenvalue weighted by Crippen LogP contribution is -2.23. The van der Waals surface area contributed by atoms with Gasteiger partial charge in [0.05, 0.1) is 0 Å². The van der Waals surface area contributed by atoms with E-state index in [0.717, 1.165) is 23.6 Å². The Bertz CT molecular complexity index is 809. The minimum Gasteiger partial charge on any atom is -0.370 e. The first-order valence-electron chi connectivity index (χ1n) is 7.71. The molecule has 3 N–H and O–H groups in total. The summed E-state index contributed by atoms with van der Waals surface area (Å²) in [7, 11) is 0. The van der Waals surface area contributed by atoms with Gasteiger partial charge in [0.25, 0.3) is 0 Å². The van der Waals surface area contributed by atoms with E-state index in [1.165, 1.54) is 5.56 Å². The summed E-state index contributed by atoms with van der Waals surface area (Å²) >= 11 is 0. The highest BCUT2D eigenvalue weighted by Crippen LogP contribution is 2.09. The molecular weight excluding hydrogens is 415 g/mol. The maximum absolute atomic E-state index is 5.92. The van der Waals surface area contributed by atoms with Gasteiger partial charge in [0.2, 0.25) is 0 Å². The Hall–Kier alpha value is -2.16. The maximum atomic E-state index is 5.92. The number of aliphatic imine (C=N–C) groups is 1. The fourth-order valence-electron chi connectivity index (χ4n) is 2.35. The lowest BCUT2D eigenvalue weighted by Gasteiger charge is -2.06. The molecule has 0 aliphatic carbocycles. The van der Waals surface area contributed by atoms with Crippen molar-refractivity contribution in [2.24, 2.45) is 10.7 Å². The van der Waals surface area contributed by atoms with E-state index >= 15 is 0 Å². The zero-order valence-corrected chi connectivity index (χ0v) is 15.8. The molecule has 0 amide bonds. The van der Waals surface area contributed by atoms with Crippen molar-refractivity contribution in [1.29, 1.82) is 0 Å². The molecule has 3 rings (SSSR count). The molecule has 1 aromatic carbocycles. The molecule has 0 bridgehead atoms. The molecule has 0 atom stereocenters. The average Bonchev–Trinajstić information content (AvgIpc) is 2.99. The van der Waals surface area contributed by atoms with E-state index in [0.29, 0.717) is 18.9 Å². The van der Waals surface area contributed by atoms with Gasteiger partial charge in [-0.25, -0.2) is 0 Å². The molecule has 0 aliphatic heterocycles. The van der Waals surface area contributed by atoms with Crippen molar-refractivity contribution in [2.45, 2.75) is 19.8 Å². The highest BCUT2D eigenvalue weighted by Gasteiger charge is 2.03. The molecule has 24 heavy (non-hydrogen) atoms. The molecule has 0 radical (unpaired) electrons. The number of rotatable bonds is 5. The van der Waals surface area contributed by atoms with Crippen LogP contribution in [0.1, 0.15) is 18.3 Å². The van der Waals surface area contributed by atoms with E-state index in [1.54, 1.807) is 0 Å². The number of fused-ring (bicyclic) bond motifs is 1. The van der Waals surface area contributed by atoms with Crippen molar-refractivity contribution in [2.75, 3.05) is 11.9 Å². The Morgan fingerprint density at radius 2 is 1.96 bits per heavy atom. The summed E-state index contributed by atoms with van der Waals surface area (Å²) in [5.41, 5.74) is 9.00. The van der Waals surface area contributed by atoms with Crippen LogP contribution in [-0.4, -0.2) is 27.1 Å². The van der Waals surface area contributed by atoms with Crippen LogP contribution in [-0.2, 0) is 12.8 Å². The number of nitrogens with one attached hydrogen (secondary N) is 1. The first kappa shape index (κ1) is 18.2. The fourth-order valence-corrected chi connectivity index (χ4v) is 2.35. The van der Waals surface area contributed by atoms with Crippen LogP contribution in [0.15, 0.2) is 53.7 Å². The van der Waals surface area contributed by atoms with Crippen molar-refractivity contribution >= 4 is 41.3 Å². The lowest BCUT2D eigenvalue weighted by atomic mass is 10.1. The van der Waals surface area contributed by atoms with Crippen molar-refractivity contribution in [1.82, 2.24) is 14.6 Å². The van der Waals surface area contributed by atoms with Crippen LogP contribution in [0.3, 0.4) is 0 Å². The van der Waals surface area contributed by atoms with E-state index in [2.05, 4.69) is 39.6 Å². The molecule has 3 aromatic rings. The minimum absolute atomic E-state index is 0. The van der Waals surface area contributed by atoms with Crippen LogP contribution in [0.5, 0.6) is 0 Å². The van der Waals surface area contributed by atoms with Gasteiger partial charge in [-0.15, -0.1) is 34.2 Å². The van der Waals surface area contributed by atoms with Crippen molar-refractivity contribution in [3.63, 3.8) is 0 Å². The molecule has 0 saturated heterocycles. The number of aryl methyl sites for hydroxylation is 1. The minimum atomic E-state index is 0. The van der Waals surface area contributed by atoms with Gasteiger partial charge in [0.1, 0.15) is 5.82 Å². The summed E-state index contributed by atoms with van der Waals surface area (Å²) in [4.78, 5) is 4.35. The van der Waals surface area contributed by atoms with E-state index in [1.807, 2.05) is 40.9 Å². The number of hydrogen-bond donors (Lipinski definition) is 2. The molecule has 0 fully saturated rings. The van der Waals surface area contributed by atoms with Crippen LogP contribution in [0, 0.1) is 0 Å². The number of halogens is 1. The number of nitrogens with zero attached hydrogens (tertiary/aromatic N) is 4. The second-order valence-electron chi connectivity index (χ2n) is 5.24. The third kappa shape index (κ3) is 4.44. The summed E-state index contributed by atoms with van der Waals surface area (Å²) < 4.78 is 1.96. The number of anilines is 1. The predicted octanol–water partition coefficient (Wildman–Crippen LogP) is 2.88. The van der Waals surface area contributed by atoms with Gasteiger partial charge in [0.15, 0.2) is 11.6 Å². The van der Waals surface area contributed by atoms with Crippen LogP contribution < -0.4 is 11.1 Å². The van der Waals surface area contributed by atoms with Gasteiger partial charge in [-0.2, -0.15) is 0 Å². The number of nitrogens with two attached hydrogens (primary N) is 1. The van der Waals surface area contributed by atoms with Gasteiger partial charge in [-0.05, 0) is 36.2 Å². The molecule has 0 spiro atoms. The van der Waals surface area contributed by atoms with Crippen molar-refractivity contribution < 1.29 is 0 Å². The number of pyridine rings is 1. The number of hydrogen-bond acceptors (Lipinski definition) is 3. The predicted molar refractivity (Wildman–Crippen MR) is 108 cm³/mol. The van der Waals surface area contributed by atoms with Crippen LogP contribution >= 0.6 is 24.0 Å². The van der Waals surface area contributed by atoms with Gasteiger partial charge in [-0.3, -0.25) is 9.39 Å². The standard InChI is InChI=1S/C17H20N6.HI/c1-2-13-6-8-14(9-7-13)20-17(18)19-11-10-16-22-21-15-5-3-4-12-23(15)16;/h3-9,12H,2,10-11H2,1H3,(H3,18,19,20);1H. The van der Waals surface area contributed by atoms with Crippen molar-refractivity contribution in [3.05, 3.63) is 60.0 Å². The quantitative estimate of drug-likeness (QED) is 0.366. The average molecular weight is 436 g/mol. The summed E-state index contributed by atoms with van der Waals surface area (Å²) in [6.45, 7) is 2.69. The molecule has 0 aliphatic rings. The van der Waals surface area contributed by atoms with Gasteiger partial charge in [-0.1, -0.05) is 25.1 Å². The van der Waals surface area contributed by atoms with Crippen LogP contribution in [0.4, 0.5) is 5.69 Å². The van der Waals surface area contributed by atoms with E-state index < -0.39 is 0 Å². The molecule has 0 saturated carbocycles. The zero-order chi connectivity index (χ0) is 16.1. The van der Waals surface area contributed by atoms with Crippen LogP contribution in [0.2, 0.25) is 0 Å². The highest BCUT2D eigenvalue weighted by molar-refractivity contribution is 14.0. The summed E-state index contributed by atoms with van der Waals surface area (Å²) in [6, 6.07) is 14.0. The first-order chi connectivity index (χ1) is 11.3.